The average molecular weight is 458 g/mol. The Labute approximate surface area is 192 Å². The first-order chi connectivity index (χ1) is 14.9. The van der Waals surface area contributed by atoms with E-state index in [0.717, 1.165) is 18.4 Å². The van der Waals surface area contributed by atoms with Gasteiger partial charge in [0, 0.05) is 35.3 Å². The molecule has 1 fully saturated rings. The number of hydrogen-bond donors (Lipinski definition) is 1. The lowest BCUT2D eigenvalue weighted by Gasteiger charge is -2.44. The molecule has 7 heteroatoms. The third-order valence-electron chi connectivity index (χ3n) is 6.17. The third-order valence-corrected chi connectivity index (χ3v) is 6.48. The van der Waals surface area contributed by atoms with Crippen LogP contribution in [0.5, 0.6) is 0 Å². The van der Waals surface area contributed by atoms with Gasteiger partial charge in [-0.2, -0.15) is 0 Å². The molecule has 1 aromatic carbocycles. The molecule has 1 aliphatic heterocycles. The van der Waals surface area contributed by atoms with Crippen LogP contribution in [0.25, 0.3) is 22.4 Å². The lowest BCUT2D eigenvalue weighted by Crippen LogP contribution is -2.55. The van der Waals surface area contributed by atoms with Crippen LogP contribution in [-0.4, -0.2) is 33.9 Å². The molecular weight excluding hydrogens is 429 g/mol. The zero-order valence-corrected chi connectivity index (χ0v) is 19.9. The van der Waals surface area contributed by atoms with Crippen molar-refractivity contribution in [1.29, 1.82) is 0 Å². The molecule has 1 saturated heterocycles. The first kappa shape index (κ1) is 22.7. The van der Waals surface area contributed by atoms with Crippen LogP contribution in [-0.2, 0) is 5.41 Å². The molecule has 0 aliphatic carbocycles. The van der Waals surface area contributed by atoms with E-state index in [9.17, 15) is 9.18 Å². The van der Waals surface area contributed by atoms with Crippen LogP contribution in [0, 0.1) is 5.82 Å². The van der Waals surface area contributed by atoms with E-state index in [1.807, 2.05) is 24.8 Å². The number of likely N-dealkylation sites (tertiary alicyclic amines) is 1. The van der Waals surface area contributed by atoms with E-state index in [0.29, 0.717) is 28.9 Å². The molecule has 0 radical (unpaired) electrons. The average Bonchev–Trinajstić information content (AvgIpc) is 3.11. The van der Waals surface area contributed by atoms with Gasteiger partial charge in [-0.05, 0) is 50.3 Å². The molecule has 5 nitrogen and oxygen atoms in total. The number of nitrogens with zero attached hydrogens (tertiary/aromatic N) is 2. The van der Waals surface area contributed by atoms with Gasteiger partial charge < -0.3 is 15.1 Å². The number of carbonyl (C=O) groups is 1. The Kier molecular flexibility index (Phi) is 5.58. The highest BCUT2D eigenvalue weighted by molar-refractivity contribution is 6.30. The highest BCUT2D eigenvalue weighted by Crippen LogP contribution is 2.36. The van der Waals surface area contributed by atoms with Crippen molar-refractivity contribution in [2.45, 2.75) is 64.5 Å². The molecule has 2 N–H and O–H groups in total. The number of nitrogens with two attached hydrogens (primary N) is 1. The van der Waals surface area contributed by atoms with E-state index in [4.69, 9.17) is 26.7 Å². The first-order valence-corrected chi connectivity index (χ1v) is 11.2. The van der Waals surface area contributed by atoms with Gasteiger partial charge >= 0.3 is 0 Å². The Hall–Kier alpha value is -2.44. The zero-order chi connectivity index (χ0) is 23.4. The number of furan rings is 1. The Morgan fingerprint density at radius 1 is 1.28 bits per heavy atom. The summed E-state index contributed by atoms with van der Waals surface area (Å²) in [4.78, 5) is 19.9. The number of pyridine rings is 1. The molecule has 3 heterocycles. The van der Waals surface area contributed by atoms with Crippen molar-refractivity contribution in [3.63, 3.8) is 0 Å². The minimum Gasteiger partial charge on any atom is -0.449 e. The van der Waals surface area contributed by atoms with Crippen LogP contribution < -0.4 is 5.73 Å². The van der Waals surface area contributed by atoms with Gasteiger partial charge in [0.2, 0.25) is 0 Å². The molecule has 1 unspecified atom stereocenters. The molecule has 2 aromatic heterocycles. The quantitative estimate of drug-likeness (QED) is 0.517. The Bertz CT molecular complexity index is 1200. The second kappa shape index (κ2) is 7.85. The van der Waals surface area contributed by atoms with Crippen molar-refractivity contribution in [1.82, 2.24) is 9.88 Å². The summed E-state index contributed by atoms with van der Waals surface area (Å²) < 4.78 is 20.2. The lowest BCUT2D eigenvalue weighted by atomic mass is 9.86. The molecule has 0 saturated carbocycles. The maximum Gasteiger partial charge on any atom is 0.290 e. The van der Waals surface area contributed by atoms with Gasteiger partial charge in [-0.1, -0.05) is 38.4 Å². The zero-order valence-electron chi connectivity index (χ0n) is 19.1. The number of halogens is 2. The number of carbonyl (C=O) groups excluding carboxylic acids is 1. The van der Waals surface area contributed by atoms with Crippen molar-refractivity contribution in [2.24, 2.45) is 5.73 Å². The fourth-order valence-corrected chi connectivity index (χ4v) is 4.57. The minimum atomic E-state index is -0.503. The fourth-order valence-electron chi connectivity index (χ4n) is 4.45. The fraction of sp³-hybridized carbons (Fsp3) is 0.440. The van der Waals surface area contributed by atoms with Gasteiger partial charge in [0.1, 0.15) is 11.3 Å². The first-order valence-electron chi connectivity index (χ1n) is 10.8. The van der Waals surface area contributed by atoms with Crippen LogP contribution in [0.2, 0.25) is 5.02 Å². The predicted molar refractivity (Wildman–Crippen MR) is 125 cm³/mol. The second-order valence-corrected chi connectivity index (χ2v) is 10.7. The predicted octanol–water partition coefficient (Wildman–Crippen LogP) is 5.93. The van der Waals surface area contributed by atoms with Crippen LogP contribution in [0.15, 0.2) is 34.7 Å². The smallest absolute Gasteiger partial charge is 0.290 e. The molecule has 1 aliphatic rings. The highest BCUT2D eigenvalue weighted by atomic mass is 35.5. The van der Waals surface area contributed by atoms with Gasteiger partial charge in [-0.25, -0.2) is 9.37 Å². The van der Waals surface area contributed by atoms with E-state index < -0.39 is 5.82 Å². The summed E-state index contributed by atoms with van der Waals surface area (Å²) >= 11 is 5.85. The number of fused-ring (bicyclic) bond motifs is 1. The van der Waals surface area contributed by atoms with Crippen molar-refractivity contribution in [2.75, 3.05) is 6.54 Å². The number of rotatable bonds is 2. The molecule has 3 aromatic rings. The Balaban J connectivity index is 1.82. The van der Waals surface area contributed by atoms with E-state index >= 15 is 0 Å². The summed E-state index contributed by atoms with van der Waals surface area (Å²) in [7, 11) is 0. The summed E-state index contributed by atoms with van der Waals surface area (Å²) in [6.07, 6.45) is 1.49. The maximum absolute atomic E-state index is 14.1. The van der Waals surface area contributed by atoms with Crippen molar-refractivity contribution >= 4 is 28.6 Å². The SMILES string of the molecule is CC(C)(C)c1cc(-c2ccc(Cl)c(F)c2)nc2cc(C(=O)N3CCC(N)CC3(C)C)oc12. The van der Waals surface area contributed by atoms with E-state index in [2.05, 4.69) is 20.8 Å². The number of amides is 1. The number of benzene rings is 1. The van der Waals surface area contributed by atoms with Crippen molar-refractivity contribution in [3.05, 3.63) is 52.5 Å². The molecule has 0 spiro atoms. The minimum absolute atomic E-state index is 0.0610. The maximum atomic E-state index is 14.1. The summed E-state index contributed by atoms with van der Waals surface area (Å²) in [6, 6.07) is 8.29. The van der Waals surface area contributed by atoms with E-state index in [1.165, 1.54) is 12.1 Å². The highest BCUT2D eigenvalue weighted by Gasteiger charge is 2.38. The molecular formula is C25H29ClFN3O2. The van der Waals surface area contributed by atoms with Gasteiger partial charge in [0.05, 0.1) is 10.7 Å². The molecule has 1 atom stereocenters. The molecule has 4 rings (SSSR count). The standard InChI is InChI=1S/C25H29ClFN3O2/c1-24(2,3)16-11-19(14-6-7-17(26)18(27)10-14)29-20-12-21(32-22(16)20)23(31)30-9-8-15(28)13-25(30,4)5/h6-7,10-12,15H,8-9,13,28H2,1-5H3. The summed E-state index contributed by atoms with van der Waals surface area (Å²) in [5.41, 5.74) is 8.73. The van der Waals surface area contributed by atoms with Crippen molar-refractivity contribution < 1.29 is 13.6 Å². The lowest BCUT2D eigenvalue weighted by molar-refractivity contribution is 0.0372. The van der Waals surface area contributed by atoms with Crippen LogP contribution in [0.4, 0.5) is 4.39 Å². The van der Waals surface area contributed by atoms with Gasteiger partial charge in [-0.15, -0.1) is 0 Å². The Morgan fingerprint density at radius 2 is 2.00 bits per heavy atom. The van der Waals surface area contributed by atoms with Gasteiger partial charge in [-0.3, -0.25) is 4.79 Å². The van der Waals surface area contributed by atoms with E-state index in [1.54, 1.807) is 12.1 Å². The number of hydrogen-bond acceptors (Lipinski definition) is 4. The summed E-state index contributed by atoms with van der Waals surface area (Å²) in [5.74, 6) is -0.420. The molecule has 0 bridgehead atoms. The van der Waals surface area contributed by atoms with Gasteiger partial charge in [0.25, 0.3) is 5.91 Å². The van der Waals surface area contributed by atoms with E-state index in [-0.39, 0.29) is 33.7 Å². The van der Waals surface area contributed by atoms with Gasteiger partial charge in [0.15, 0.2) is 11.3 Å². The normalized spacial score (nSPS) is 18.9. The number of aromatic nitrogens is 1. The molecule has 1 amide bonds. The molecule has 170 valence electrons. The van der Waals surface area contributed by atoms with Crippen LogP contribution in [0.1, 0.15) is 63.6 Å². The summed E-state index contributed by atoms with van der Waals surface area (Å²) in [5, 5.41) is 0.0610. The van der Waals surface area contributed by atoms with Crippen molar-refractivity contribution in [3.8, 4) is 11.3 Å². The largest absolute Gasteiger partial charge is 0.449 e. The molecule has 32 heavy (non-hydrogen) atoms. The third kappa shape index (κ3) is 4.14. The monoisotopic (exact) mass is 457 g/mol. The van der Waals surface area contributed by atoms with Crippen LogP contribution >= 0.6 is 11.6 Å². The Morgan fingerprint density at radius 3 is 2.62 bits per heavy atom. The second-order valence-electron chi connectivity index (χ2n) is 10.3. The van der Waals surface area contributed by atoms with Crippen LogP contribution in [0.3, 0.4) is 0 Å². The summed E-state index contributed by atoms with van der Waals surface area (Å²) in [6.45, 7) is 10.8. The number of piperidine rings is 1. The topological polar surface area (TPSA) is 72.4 Å².